The molecule has 1 aliphatic rings. The first kappa shape index (κ1) is 39.9. The third kappa shape index (κ3) is 10.2. The Morgan fingerprint density at radius 3 is 2.16 bits per heavy atom. The summed E-state index contributed by atoms with van der Waals surface area (Å²) in [5.41, 5.74) is 1.47. The van der Waals surface area contributed by atoms with E-state index in [0.29, 0.717) is 36.4 Å². The molecule has 0 bridgehead atoms. The zero-order valence-electron chi connectivity index (χ0n) is 30.9. The van der Waals surface area contributed by atoms with Gasteiger partial charge in [0.1, 0.15) is 24.6 Å². The molecule has 1 aliphatic heterocycles. The Balaban J connectivity index is 1.05. The largest absolute Gasteiger partial charge is 0.477 e. The van der Waals surface area contributed by atoms with E-state index in [1.807, 2.05) is 30.3 Å². The van der Waals surface area contributed by atoms with Crippen molar-refractivity contribution in [3.05, 3.63) is 106 Å². The number of hydrogen-bond donors (Lipinski definition) is 3. The molecule has 290 valence electrons. The number of aromatic nitrogens is 1. The van der Waals surface area contributed by atoms with Gasteiger partial charge in [-0.2, -0.15) is 0 Å². The number of ether oxygens (including phenoxy) is 2. The predicted octanol–water partition coefficient (Wildman–Crippen LogP) is 5.56. The minimum absolute atomic E-state index is 0.0164. The summed E-state index contributed by atoms with van der Waals surface area (Å²) >= 11 is 0. The van der Waals surface area contributed by atoms with Crippen LogP contribution in [0.3, 0.4) is 0 Å². The highest BCUT2D eigenvalue weighted by Gasteiger charge is 2.27. The number of carboxylic acids is 1. The van der Waals surface area contributed by atoms with Gasteiger partial charge >= 0.3 is 18.2 Å². The second-order valence-corrected chi connectivity index (χ2v) is 13.5. The molecule has 3 aromatic carbocycles. The molecular weight excluding hydrogens is 713 g/mol. The Labute approximate surface area is 316 Å². The molecule has 15 heteroatoms. The topological polar surface area (TPSA) is 177 Å². The van der Waals surface area contributed by atoms with Gasteiger partial charge in [-0.05, 0) is 48.2 Å². The van der Waals surface area contributed by atoms with Gasteiger partial charge in [-0.3, -0.25) is 14.4 Å². The summed E-state index contributed by atoms with van der Waals surface area (Å²) in [7, 11) is 0. The molecule has 2 heterocycles. The normalized spacial score (nSPS) is 13.3. The van der Waals surface area contributed by atoms with Crippen LogP contribution < -0.4 is 21.0 Å². The fourth-order valence-electron chi connectivity index (χ4n) is 6.23. The van der Waals surface area contributed by atoms with Gasteiger partial charge in [0.25, 0.3) is 0 Å². The maximum Gasteiger partial charge on any atom is 0.410 e. The average molecular weight is 758 g/mol. The number of hydrogen-bond acceptors (Lipinski definition) is 9. The molecule has 0 radical (unpaired) electrons. The van der Waals surface area contributed by atoms with Gasteiger partial charge in [0.2, 0.25) is 11.3 Å². The number of halogens is 1. The predicted molar refractivity (Wildman–Crippen MR) is 202 cm³/mol. The van der Waals surface area contributed by atoms with E-state index in [4.69, 9.17) is 9.47 Å². The van der Waals surface area contributed by atoms with Crippen molar-refractivity contribution < 1.29 is 42.9 Å². The summed E-state index contributed by atoms with van der Waals surface area (Å²) in [5, 5.41) is 14.7. The third-order valence-corrected chi connectivity index (χ3v) is 9.30. The lowest BCUT2D eigenvalue weighted by molar-refractivity contribution is -0.125. The highest BCUT2D eigenvalue weighted by atomic mass is 19.1. The Morgan fingerprint density at radius 2 is 1.53 bits per heavy atom. The second-order valence-electron chi connectivity index (χ2n) is 13.5. The SMILES string of the molecule is CCn1cc(C(=O)O)c(=O)c2cc(F)c(N3CCN(C(=O)OCc4ccc(NC(=O)CCC(=O)C(NC(=O)OCc5ccccc5)C(C)C)cc4)CC3)cc21. The molecule has 3 N–H and O–H groups in total. The Morgan fingerprint density at radius 1 is 0.873 bits per heavy atom. The molecule has 1 saturated heterocycles. The number of Topliss-reactive ketones (excluding diaryl/α,β-unsaturated/α-hetero) is 1. The maximum atomic E-state index is 15.2. The molecule has 1 aromatic heterocycles. The van der Waals surface area contributed by atoms with E-state index < -0.39 is 41.0 Å². The lowest BCUT2D eigenvalue weighted by Crippen LogP contribution is -2.49. The number of carbonyl (C=O) groups excluding carboxylic acids is 4. The number of amides is 3. The Kier molecular flexibility index (Phi) is 13.2. The van der Waals surface area contributed by atoms with Crippen molar-refractivity contribution in [3.8, 4) is 0 Å². The number of benzene rings is 3. The van der Waals surface area contributed by atoms with Crippen molar-refractivity contribution in [1.82, 2.24) is 14.8 Å². The molecular formula is C40H44FN5O9. The molecule has 55 heavy (non-hydrogen) atoms. The van der Waals surface area contributed by atoms with Gasteiger partial charge in [0, 0.05) is 62.8 Å². The molecule has 1 unspecified atom stereocenters. The van der Waals surface area contributed by atoms with Crippen LogP contribution in [-0.2, 0) is 38.8 Å². The number of alkyl carbamates (subject to hydrolysis) is 1. The minimum atomic E-state index is -1.38. The van der Waals surface area contributed by atoms with Gasteiger partial charge in [0.05, 0.1) is 17.2 Å². The average Bonchev–Trinajstić information content (AvgIpc) is 3.18. The maximum absolute atomic E-state index is 15.2. The summed E-state index contributed by atoms with van der Waals surface area (Å²) in [5.74, 6) is -2.92. The third-order valence-electron chi connectivity index (χ3n) is 9.30. The van der Waals surface area contributed by atoms with Crippen molar-refractivity contribution in [2.45, 2.75) is 59.4 Å². The van der Waals surface area contributed by atoms with E-state index in [-0.39, 0.29) is 67.8 Å². The van der Waals surface area contributed by atoms with Gasteiger partial charge in [-0.25, -0.2) is 18.8 Å². The number of aromatic carboxylic acids is 1. The first-order valence-corrected chi connectivity index (χ1v) is 18.0. The number of anilines is 2. The van der Waals surface area contributed by atoms with Crippen LogP contribution in [0, 0.1) is 11.7 Å². The molecule has 3 amide bonds. The van der Waals surface area contributed by atoms with Crippen molar-refractivity contribution in [1.29, 1.82) is 0 Å². The summed E-state index contributed by atoms with van der Waals surface area (Å²) in [6.07, 6.45) is -0.161. The number of piperazine rings is 1. The van der Waals surface area contributed by atoms with Crippen LogP contribution in [-0.4, -0.2) is 76.6 Å². The fraction of sp³-hybridized carbons (Fsp3) is 0.350. The number of nitrogens with zero attached hydrogens (tertiary/aromatic N) is 3. The number of rotatable bonds is 14. The Hall–Kier alpha value is -6.25. The zero-order chi connectivity index (χ0) is 39.6. The van der Waals surface area contributed by atoms with Crippen LogP contribution >= 0.6 is 0 Å². The molecule has 14 nitrogen and oxygen atoms in total. The van der Waals surface area contributed by atoms with E-state index in [1.54, 1.807) is 54.5 Å². The summed E-state index contributed by atoms with van der Waals surface area (Å²) in [6, 6.07) is 17.7. The minimum Gasteiger partial charge on any atom is -0.477 e. The number of pyridine rings is 1. The second kappa shape index (κ2) is 18.2. The van der Waals surface area contributed by atoms with Crippen molar-refractivity contribution in [3.63, 3.8) is 0 Å². The van der Waals surface area contributed by atoms with Crippen LogP contribution in [0.4, 0.5) is 25.4 Å². The molecule has 0 saturated carbocycles. The Bertz CT molecular complexity index is 2100. The summed E-state index contributed by atoms with van der Waals surface area (Å²) in [4.78, 5) is 78.2. The van der Waals surface area contributed by atoms with E-state index in [0.717, 1.165) is 11.6 Å². The van der Waals surface area contributed by atoms with Crippen LogP contribution in [0.2, 0.25) is 0 Å². The van der Waals surface area contributed by atoms with E-state index >= 15 is 4.39 Å². The number of carboxylic acid groups (broad SMARTS) is 1. The summed E-state index contributed by atoms with van der Waals surface area (Å²) < 4.78 is 27.6. The van der Waals surface area contributed by atoms with Gasteiger partial charge < -0.3 is 39.6 Å². The smallest absolute Gasteiger partial charge is 0.410 e. The first-order valence-electron chi connectivity index (χ1n) is 18.0. The standard InChI is InChI=1S/C40H44FN5O9/c1-4-44-22-30(38(50)51)37(49)29-20-31(41)33(21-32(29)44)45-16-18-46(19-17-45)40(53)55-24-27-10-12-28(13-11-27)42-35(48)15-14-34(47)36(25(2)3)43-39(52)54-23-26-8-6-5-7-9-26/h5-13,20-22,25,36H,4,14-19,23-24H2,1-3H3,(H,42,48)(H,43,52)(H,50,51). The van der Waals surface area contributed by atoms with Gasteiger partial charge in [-0.1, -0.05) is 56.3 Å². The van der Waals surface area contributed by atoms with Crippen LogP contribution in [0.15, 0.2) is 77.7 Å². The number of aryl methyl sites for hydroxylation is 1. The van der Waals surface area contributed by atoms with E-state index in [9.17, 15) is 33.9 Å². The van der Waals surface area contributed by atoms with E-state index in [1.165, 1.54) is 17.2 Å². The van der Waals surface area contributed by atoms with Crippen molar-refractivity contribution >= 4 is 52.1 Å². The molecule has 5 rings (SSSR count). The summed E-state index contributed by atoms with van der Waals surface area (Å²) in [6.45, 7) is 6.92. The quantitative estimate of drug-likeness (QED) is 0.148. The fourth-order valence-corrected chi connectivity index (χ4v) is 6.23. The van der Waals surface area contributed by atoms with Crippen LogP contribution in [0.25, 0.3) is 10.9 Å². The lowest BCUT2D eigenvalue weighted by atomic mass is 9.97. The first-order chi connectivity index (χ1) is 26.3. The number of ketones is 1. The van der Waals surface area contributed by atoms with Crippen molar-refractivity contribution in [2.75, 3.05) is 36.4 Å². The highest BCUT2D eigenvalue weighted by Crippen LogP contribution is 2.27. The van der Waals surface area contributed by atoms with Crippen LogP contribution in [0.5, 0.6) is 0 Å². The molecule has 1 atom stereocenters. The number of fused-ring (bicyclic) bond motifs is 1. The molecule has 0 aliphatic carbocycles. The van der Waals surface area contributed by atoms with Gasteiger partial charge in [-0.15, -0.1) is 0 Å². The van der Waals surface area contributed by atoms with E-state index in [2.05, 4.69) is 10.6 Å². The zero-order valence-corrected chi connectivity index (χ0v) is 30.9. The number of carbonyl (C=O) groups is 5. The number of nitrogens with one attached hydrogen (secondary N) is 2. The van der Waals surface area contributed by atoms with Crippen molar-refractivity contribution in [2.24, 2.45) is 5.92 Å². The highest BCUT2D eigenvalue weighted by molar-refractivity contribution is 5.96. The monoisotopic (exact) mass is 757 g/mol. The van der Waals surface area contributed by atoms with Gasteiger partial charge in [0.15, 0.2) is 5.78 Å². The van der Waals surface area contributed by atoms with Crippen LogP contribution in [0.1, 0.15) is 55.1 Å². The lowest BCUT2D eigenvalue weighted by Gasteiger charge is -2.35. The molecule has 4 aromatic rings. The molecule has 1 fully saturated rings. The molecule has 0 spiro atoms.